The number of amides is 1. The molecule has 18 heavy (non-hydrogen) atoms. The third kappa shape index (κ3) is 3.77. The standard InChI is InChI=1S/C13H20N4O/c1-17(2)7-3-6-14-13(18)12-8-11(9-15-16-12)10-4-5-10/h8-10H,3-7H2,1-2H3,(H,14,18). The summed E-state index contributed by atoms with van der Waals surface area (Å²) in [7, 11) is 4.04. The fourth-order valence-electron chi connectivity index (χ4n) is 1.82. The molecule has 5 nitrogen and oxygen atoms in total. The predicted molar refractivity (Wildman–Crippen MR) is 69.5 cm³/mol. The van der Waals surface area contributed by atoms with Crippen LogP contribution in [0.15, 0.2) is 12.3 Å². The highest BCUT2D eigenvalue weighted by Crippen LogP contribution is 2.39. The van der Waals surface area contributed by atoms with Gasteiger partial charge in [0, 0.05) is 6.54 Å². The summed E-state index contributed by atoms with van der Waals surface area (Å²) >= 11 is 0. The minimum atomic E-state index is -0.122. The predicted octanol–water partition coefficient (Wildman–Crippen LogP) is 1.04. The average molecular weight is 248 g/mol. The molecule has 0 aliphatic heterocycles. The maximum absolute atomic E-state index is 11.9. The highest BCUT2D eigenvalue weighted by atomic mass is 16.1. The minimum absolute atomic E-state index is 0.122. The van der Waals surface area contributed by atoms with Crippen LogP contribution in [0.3, 0.4) is 0 Å². The molecule has 0 radical (unpaired) electrons. The van der Waals surface area contributed by atoms with E-state index in [0.717, 1.165) is 18.5 Å². The van der Waals surface area contributed by atoms with E-state index in [4.69, 9.17) is 0 Å². The van der Waals surface area contributed by atoms with Crippen molar-refractivity contribution in [3.05, 3.63) is 23.5 Å². The number of nitrogens with zero attached hydrogens (tertiary/aromatic N) is 3. The van der Waals surface area contributed by atoms with Crippen molar-refractivity contribution in [2.75, 3.05) is 27.2 Å². The van der Waals surface area contributed by atoms with E-state index in [2.05, 4.69) is 20.4 Å². The average Bonchev–Trinajstić information content (AvgIpc) is 3.18. The van der Waals surface area contributed by atoms with Crippen molar-refractivity contribution in [1.82, 2.24) is 20.4 Å². The van der Waals surface area contributed by atoms with Crippen LogP contribution in [0, 0.1) is 0 Å². The molecule has 0 aromatic carbocycles. The van der Waals surface area contributed by atoms with Crippen LogP contribution >= 0.6 is 0 Å². The van der Waals surface area contributed by atoms with Gasteiger partial charge in [-0.15, -0.1) is 5.10 Å². The Hall–Kier alpha value is -1.49. The molecule has 2 rings (SSSR count). The van der Waals surface area contributed by atoms with Gasteiger partial charge in [0.1, 0.15) is 0 Å². The van der Waals surface area contributed by atoms with Gasteiger partial charge in [0.25, 0.3) is 5.91 Å². The van der Waals surface area contributed by atoms with Crippen molar-refractivity contribution in [1.29, 1.82) is 0 Å². The monoisotopic (exact) mass is 248 g/mol. The molecular weight excluding hydrogens is 228 g/mol. The van der Waals surface area contributed by atoms with Gasteiger partial charge in [-0.05, 0) is 57.5 Å². The Kier molecular flexibility index (Phi) is 4.25. The topological polar surface area (TPSA) is 58.1 Å². The van der Waals surface area contributed by atoms with Crippen LogP contribution in [-0.2, 0) is 0 Å². The molecule has 1 aliphatic rings. The molecule has 0 spiro atoms. The highest BCUT2D eigenvalue weighted by Gasteiger charge is 2.24. The number of carbonyl (C=O) groups excluding carboxylic acids is 1. The zero-order valence-corrected chi connectivity index (χ0v) is 11.0. The first-order chi connectivity index (χ1) is 8.66. The lowest BCUT2D eigenvalue weighted by Gasteiger charge is -2.09. The van der Waals surface area contributed by atoms with Crippen LogP contribution in [0.1, 0.15) is 41.2 Å². The second kappa shape index (κ2) is 5.91. The summed E-state index contributed by atoms with van der Waals surface area (Å²) in [6.45, 7) is 1.64. The summed E-state index contributed by atoms with van der Waals surface area (Å²) in [5, 5.41) is 10.7. The maximum atomic E-state index is 11.9. The summed E-state index contributed by atoms with van der Waals surface area (Å²) in [5.41, 5.74) is 1.58. The van der Waals surface area contributed by atoms with E-state index in [1.54, 1.807) is 6.20 Å². The fraction of sp³-hybridized carbons (Fsp3) is 0.615. The molecule has 98 valence electrons. The molecule has 0 bridgehead atoms. The molecule has 0 atom stereocenters. The molecule has 1 N–H and O–H groups in total. The first-order valence-corrected chi connectivity index (χ1v) is 6.42. The first kappa shape index (κ1) is 13.0. The van der Waals surface area contributed by atoms with Crippen LogP contribution in [-0.4, -0.2) is 48.2 Å². The lowest BCUT2D eigenvalue weighted by Crippen LogP contribution is -2.28. The normalized spacial score (nSPS) is 14.8. The number of carbonyl (C=O) groups is 1. The summed E-state index contributed by atoms with van der Waals surface area (Å²) in [6.07, 6.45) is 5.11. The molecule has 0 saturated heterocycles. The van der Waals surface area contributed by atoms with Crippen molar-refractivity contribution >= 4 is 5.91 Å². The summed E-state index contributed by atoms with van der Waals surface area (Å²) in [5.74, 6) is 0.476. The minimum Gasteiger partial charge on any atom is -0.351 e. The van der Waals surface area contributed by atoms with E-state index < -0.39 is 0 Å². The molecule has 1 fully saturated rings. The van der Waals surface area contributed by atoms with Gasteiger partial charge in [-0.1, -0.05) is 0 Å². The second-order valence-corrected chi connectivity index (χ2v) is 5.06. The Morgan fingerprint density at radius 1 is 1.50 bits per heavy atom. The first-order valence-electron chi connectivity index (χ1n) is 6.42. The van der Waals surface area contributed by atoms with E-state index >= 15 is 0 Å². The van der Waals surface area contributed by atoms with E-state index in [-0.39, 0.29) is 5.91 Å². The van der Waals surface area contributed by atoms with Gasteiger partial charge in [0.15, 0.2) is 5.69 Å². The third-order valence-corrected chi connectivity index (χ3v) is 3.02. The Morgan fingerprint density at radius 2 is 2.28 bits per heavy atom. The largest absolute Gasteiger partial charge is 0.351 e. The van der Waals surface area contributed by atoms with Gasteiger partial charge in [0.2, 0.25) is 0 Å². The van der Waals surface area contributed by atoms with Gasteiger partial charge >= 0.3 is 0 Å². The van der Waals surface area contributed by atoms with Crippen molar-refractivity contribution in [3.8, 4) is 0 Å². The van der Waals surface area contributed by atoms with E-state index in [9.17, 15) is 4.79 Å². The molecule has 1 amide bonds. The van der Waals surface area contributed by atoms with Crippen molar-refractivity contribution in [2.24, 2.45) is 0 Å². The van der Waals surface area contributed by atoms with Crippen LogP contribution in [0.2, 0.25) is 0 Å². The fourth-order valence-corrected chi connectivity index (χ4v) is 1.82. The SMILES string of the molecule is CN(C)CCCNC(=O)c1cc(C2CC2)cnn1. The van der Waals surface area contributed by atoms with E-state index in [0.29, 0.717) is 18.2 Å². The number of nitrogens with one attached hydrogen (secondary N) is 1. The molecule has 1 aliphatic carbocycles. The smallest absolute Gasteiger partial charge is 0.271 e. The molecule has 1 saturated carbocycles. The lowest BCUT2D eigenvalue weighted by molar-refractivity contribution is 0.0946. The molecule has 1 heterocycles. The molecule has 1 aromatic heterocycles. The van der Waals surface area contributed by atoms with Crippen molar-refractivity contribution in [2.45, 2.75) is 25.2 Å². The van der Waals surface area contributed by atoms with Gasteiger partial charge in [-0.2, -0.15) is 5.10 Å². The summed E-state index contributed by atoms with van der Waals surface area (Å²) < 4.78 is 0. The number of rotatable bonds is 6. The van der Waals surface area contributed by atoms with Gasteiger partial charge in [-0.25, -0.2) is 0 Å². The van der Waals surface area contributed by atoms with Crippen molar-refractivity contribution < 1.29 is 4.79 Å². The third-order valence-electron chi connectivity index (χ3n) is 3.02. The van der Waals surface area contributed by atoms with Gasteiger partial charge in [-0.3, -0.25) is 4.79 Å². The quantitative estimate of drug-likeness (QED) is 0.764. The molecular formula is C13H20N4O. The van der Waals surface area contributed by atoms with Crippen molar-refractivity contribution in [3.63, 3.8) is 0 Å². The zero-order valence-electron chi connectivity index (χ0n) is 11.0. The Balaban J connectivity index is 1.82. The highest BCUT2D eigenvalue weighted by molar-refractivity contribution is 5.92. The number of aromatic nitrogens is 2. The van der Waals surface area contributed by atoms with Gasteiger partial charge in [0.05, 0.1) is 6.20 Å². The summed E-state index contributed by atoms with van der Waals surface area (Å²) in [6, 6.07) is 1.87. The maximum Gasteiger partial charge on any atom is 0.271 e. The molecule has 5 heteroatoms. The lowest BCUT2D eigenvalue weighted by atomic mass is 10.2. The van der Waals surface area contributed by atoms with Crippen LogP contribution in [0.4, 0.5) is 0 Å². The van der Waals surface area contributed by atoms with Crippen LogP contribution < -0.4 is 5.32 Å². The zero-order chi connectivity index (χ0) is 13.0. The second-order valence-electron chi connectivity index (χ2n) is 5.06. The van der Waals surface area contributed by atoms with E-state index in [1.165, 1.54) is 12.8 Å². The van der Waals surface area contributed by atoms with Crippen LogP contribution in [0.5, 0.6) is 0 Å². The Labute approximate surface area is 108 Å². The Morgan fingerprint density at radius 3 is 2.94 bits per heavy atom. The van der Waals surface area contributed by atoms with Gasteiger partial charge < -0.3 is 10.2 Å². The molecule has 0 unspecified atom stereocenters. The van der Waals surface area contributed by atoms with E-state index in [1.807, 2.05) is 20.2 Å². The summed E-state index contributed by atoms with van der Waals surface area (Å²) in [4.78, 5) is 14.0. The number of hydrogen-bond acceptors (Lipinski definition) is 4. The Bertz CT molecular complexity index is 415. The number of hydrogen-bond donors (Lipinski definition) is 1. The molecule has 1 aromatic rings. The van der Waals surface area contributed by atoms with Crippen LogP contribution in [0.25, 0.3) is 0 Å².